The minimum atomic E-state index is -4.54. The normalized spacial score (nSPS) is 10.8. The van der Waals surface area contributed by atoms with Crippen LogP contribution in [0, 0.1) is 0 Å². The summed E-state index contributed by atoms with van der Waals surface area (Å²) in [6.07, 6.45) is -4.54. The Hall–Kier alpha value is -3.36. The van der Waals surface area contributed by atoms with E-state index < -0.39 is 30.2 Å². The third kappa shape index (κ3) is 6.14. The van der Waals surface area contributed by atoms with Crippen LogP contribution in [0.4, 0.5) is 24.5 Å². The van der Waals surface area contributed by atoms with E-state index in [9.17, 15) is 27.6 Å². The summed E-state index contributed by atoms with van der Waals surface area (Å²) in [5.74, 6) is -1.93. The fourth-order valence-corrected chi connectivity index (χ4v) is 2.11. The van der Waals surface area contributed by atoms with Crippen molar-refractivity contribution in [2.75, 3.05) is 17.2 Å². The maximum Gasteiger partial charge on any atom is 0.416 e. The number of halogens is 3. The Morgan fingerprint density at radius 3 is 2.22 bits per heavy atom. The summed E-state index contributed by atoms with van der Waals surface area (Å²) in [6.45, 7) is 0.628. The van der Waals surface area contributed by atoms with E-state index in [1.54, 1.807) is 6.07 Å². The lowest BCUT2D eigenvalue weighted by molar-refractivity contribution is -0.137. The highest BCUT2D eigenvalue weighted by atomic mass is 19.4. The van der Waals surface area contributed by atoms with Crippen LogP contribution in [-0.2, 0) is 20.5 Å². The average molecular weight is 380 g/mol. The van der Waals surface area contributed by atoms with Gasteiger partial charge in [-0.2, -0.15) is 13.2 Å². The van der Waals surface area contributed by atoms with E-state index in [-0.39, 0.29) is 17.2 Å². The molecular formula is C18H15F3N2O4. The Bertz CT molecular complexity index is 866. The van der Waals surface area contributed by atoms with Crippen LogP contribution in [0.5, 0.6) is 0 Å². The number of benzene rings is 2. The summed E-state index contributed by atoms with van der Waals surface area (Å²) in [7, 11) is 0. The van der Waals surface area contributed by atoms with Gasteiger partial charge in [0.2, 0.25) is 5.91 Å². The molecule has 0 heterocycles. The van der Waals surface area contributed by atoms with E-state index >= 15 is 0 Å². The SMILES string of the molecule is CC(=O)Nc1cccc(C(=O)OCC(=O)Nc2cccc(C(F)(F)F)c2)c1. The van der Waals surface area contributed by atoms with E-state index in [0.717, 1.165) is 18.2 Å². The van der Waals surface area contributed by atoms with Crippen molar-refractivity contribution in [3.63, 3.8) is 0 Å². The lowest BCUT2D eigenvalue weighted by atomic mass is 10.2. The van der Waals surface area contributed by atoms with Crippen LogP contribution in [-0.4, -0.2) is 24.4 Å². The molecular weight excluding hydrogens is 365 g/mol. The van der Waals surface area contributed by atoms with Gasteiger partial charge in [-0.3, -0.25) is 9.59 Å². The average Bonchev–Trinajstić information content (AvgIpc) is 2.59. The van der Waals surface area contributed by atoms with Crippen LogP contribution in [0.1, 0.15) is 22.8 Å². The van der Waals surface area contributed by atoms with Gasteiger partial charge in [0.15, 0.2) is 6.61 Å². The molecule has 2 amide bonds. The third-order valence-corrected chi connectivity index (χ3v) is 3.23. The zero-order valence-electron chi connectivity index (χ0n) is 14.1. The predicted octanol–water partition coefficient (Wildman–Crippen LogP) is 3.46. The van der Waals surface area contributed by atoms with Crippen molar-refractivity contribution in [2.24, 2.45) is 0 Å². The van der Waals surface area contributed by atoms with Gasteiger partial charge < -0.3 is 15.4 Å². The maximum absolute atomic E-state index is 12.7. The molecule has 0 aromatic heterocycles. The van der Waals surface area contributed by atoms with Gasteiger partial charge in [0.05, 0.1) is 11.1 Å². The van der Waals surface area contributed by atoms with E-state index in [0.29, 0.717) is 5.69 Å². The smallest absolute Gasteiger partial charge is 0.416 e. The van der Waals surface area contributed by atoms with Crippen LogP contribution in [0.2, 0.25) is 0 Å². The second kappa shape index (κ2) is 8.35. The minimum absolute atomic E-state index is 0.0708. The van der Waals surface area contributed by atoms with Gasteiger partial charge in [0.25, 0.3) is 5.91 Å². The minimum Gasteiger partial charge on any atom is -0.452 e. The summed E-state index contributed by atoms with van der Waals surface area (Å²) in [6, 6.07) is 9.97. The number of esters is 1. The first-order valence-electron chi connectivity index (χ1n) is 7.67. The molecule has 0 atom stereocenters. The number of anilines is 2. The standard InChI is InChI=1S/C18H15F3N2O4/c1-11(24)22-14-6-2-4-12(8-14)17(26)27-10-16(25)23-15-7-3-5-13(9-15)18(19,20)21/h2-9H,10H2,1H3,(H,22,24)(H,23,25). The van der Waals surface area contributed by atoms with Crippen molar-refractivity contribution >= 4 is 29.2 Å². The van der Waals surface area contributed by atoms with Gasteiger partial charge in [-0.15, -0.1) is 0 Å². The van der Waals surface area contributed by atoms with Crippen LogP contribution in [0.3, 0.4) is 0 Å². The molecule has 0 saturated carbocycles. The van der Waals surface area contributed by atoms with Crippen LogP contribution in [0.25, 0.3) is 0 Å². The summed E-state index contributed by atoms with van der Waals surface area (Å²) < 4.78 is 42.8. The Morgan fingerprint density at radius 1 is 0.963 bits per heavy atom. The third-order valence-electron chi connectivity index (χ3n) is 3.23. The van der Waals surface area contributed by atoms with Gasteiger partial charge in [0.1, 0.15) is 0 Å². The molecule has 0 saturated heterocycles. The summed E-state index contributed by atoms with van der Waals surface area (Å²) >= 11 is 0. The zero-order chi connectivity index (χ0) is 20.0. The molecule has 0 radical (unpaired) electrons. The van der Waals surface area contributed by atoms with E-state index in [1.165, 1.54) is 31.2 Å². The second-order valence-electron chi connectivity index (χ2n) is 5.46. The molecule has 0 bridgehead atoms. The van der Waals surface area contributed by atoms with E-state index in [4.69, 9.17) is 4.74 Å². The molecule has 9 heteroatoms. The number of carbonyl (C=O) groups excluding carboxylic acids is 3. The van der Waals surface area contributed by atoms with Gasteiger partial charge in [-0.05, 0) is 36.4 Å². The molecule has 2 aromatic carbocycles. The lowest BCUT2D eigenvalue weighted by Crippen LogP contribution is -2.21. The summed E-state index contributed by atoms with van der Waals surface area (Å²) in [5.41, 5.74) is -0.496. The number of amides is 2. The summed E-state index contributed by atoms with van der Waals surface area (Å²) in [5, 5.41) is 4.72. The molecule has 142 valence electrons. The van der Waals surface area contributed by atoms with Gasteiger partial charge in [-0.1, -0.05) is 12.1 Å². The summed E-state index contributed by atoms with van der Waals surface area (Å²) in [4.78, 5) is 34.8. The van der Waals surface area contributed by atoms with E-state index in [2.05, 4.69) is 10.6 Å². The molecule has 27 heavy (non-hydrogen) atoms. The fourth-order valence-electron chi connectivity index (χ4n) is 2.11. The molecule has 0 aliphatic rings. The first kappa shape index (κ1) is 20.0. The first-order valence-corrected chi connectivity index (χ1v) is 7.67. The molecule has 0 fully saturated rings. The second-order valence-corrected chi connectivity index (χ2v) is 5.46. The monoisotopic (exact) mass is 380 g/mol. The first-order chi connectivity index (χ1) is 12.6. The molecule has 0 unspecified atom stereocenters. The predicted molar refractivity (Wildman–Crippen MR) is 91.1 cm³/mol. The highest BCUT2D eigenvalue weighted by molar-refractivity contribution is 5.96. The Kier molecular flexibility index (Phi) is 6.17. The molecule has 0 aliphatic heterocycles. The zero-order valence-corrected chi connectivity index (χ0v) is 14.1. The fraction of sp³-hybridized carbons (Fsp3) is 0.167. The van der Waals surface area contributed by atoms with Crippen molar-refractivity contribution in [3.05, 3.63) is 59.7 Å². The topological polar surface area (TPSA) is 84.5 Å². The largest absolute Gasteiger partial charge is 0.452 e. The molecule has 0 aliphatic carbocycles. The number of rotatable bonds is 5. The number of alkyl halides is 3. The van der Waals surface area contributed by atoms with Crippen molar-refractivity contribution < 1.29 is 32.3 Å². The van der Waals surface area contributed by atoms with Crippen LogP contribution in [0.15, 0.2) is 48.5 Å². The number of nitrogens with one attached hydrogen (secondary N) is 2. The van der Waals surface area contributed by atoms with Crippen LogP contribution < -0.4 is 10.6 Å². The van der Waals surface area contributed by atoms with E-state index in [1.807, 2.05) is 0 Å². The van der Waals surface area contributed by atoms with Gasteiger partial charge in [0, 0.05) is 18.3 Å². The van der Waals surface area contributed by atoms with Crippen molar-refractivity contribution in [3.8, 4) is 0 Å². The Balaban J connectivity index is 1.94. The lowest BCUT2D eigenvalue weighted by Gasteiger charge is -2.10. The molecule has 2 N–H and O–H groups in total. The highest BCUT2D eigenvalue weighted by Crippen LogP contribution is 2.30. The maximum atomic E-state index is 12.7. The number of hydrogen-bond acceptors (Lipinski definition) is 4. The highest BCUT2D eigenvalue weighted by Gasteiger charge is 2.30. The Morgan fingerprint density at radius 2 is 1.59 bits per heavy atom. The van der Waals surface area contributed by atoms with Crippen molar-refractivity contribution in [2.45, 2.75) is 13.1 Å². The molecule has 6 nitrogen and oxygen atoms in total. The Labute approximate surface area is 152 Å². The van der Waals surface area contributed by atoms with Crippen LogP contribution >= 0.6 is 0 Å². The van der Waals surface area contributed by atoms with Gasteiger partial charge in [-0.25, -0.2) is 4.79 Å². The number of carbonyl (C=O) groups is 3. The number of ether oxygens (including phenoxy) is 1. The van der Waals surface area contributed by atoms with Crippen molar-refractivity contribution in [1.29, 1.82) is 0 Å². The quantitative estimate of drug-likeness (QED) is 0.778. The molecule has 0 spiro atoms. The number of hydrogen-bond donors (Lipinski definition) is 2. The molecule has 2 aromatic rings. The van der Waals surface area contributed by atoms with Crippen molar-refractivity contribution in [1.82, 2.24) is 0 Å². The molecule has 2 rings (SSSR count). The van der Waals surface area contributed by atoms with Gasteiger partial charge >= 0.3 is 12.1 Å².